The first kappa shape index (κ1) is 14.5. The zero-order chi connectivity index (χ0) is 13.9. The second-order valence-corrected chi connectivity index (χ2v) is 6.59. The van der Waals surface area contributed by atoms with E-state index in [0.717, 1.165) is 37.7 Å². The number of hydrogen-bond acceptors (Lipinski definition) is 3. The smallest absolute Gasteiger partial charge is 0.226 e. The van der Waals surface area contributed by atoms with Crippen LogP contribution in [0.15, 0.2) is 16.8 Å². The molecule has 3 nitrogen and oxygen atoms in total. The first-order chi connectivity index (χ1) is 9.00. The van der Waals surface area contributed by atoms with E-state index in [-0.39, 0.29) is 17.9 Å². The lowest BCUT2D eigenvalue weighted by molar-refractivity contribution is -0.132. The molecule has 106 valence electrons. The molecule has 0 aliphatic heterocycles. The van der Waals surface area contributed by atoms with E-state index in [1.165, 1.54) is 0 Å². The molecule has 19 heavy (non-hydrogen) atoms. The molecule has 0 bridgehead atoms. The third-order valence-electron chi connectivity index (χ3n) is 4.46. The Bertz CT molecular complexity index is 419. The summed E-state index contributed by atoms with van der Waals surface area (Å²) in [5, 5.41) is 17.2. The Kier molecular flexibility index (Phi) is 4.31. The maximum Gasteiger partial charge on any atom is 0.226 e. The summed E-state index contributed by atoms with van der Waals surface area (Å²) in [7, 11) is 0. The number of rotatable bonds is 5. The van der Waals surface area contributed by atoms with Crippen molar-refractivity contribution in [2.45, 2.75) is 51.6 Å². The SMILES string of the molecule is CCC1(C(=O)NCC(C)(O)c2ccsc2)CCCC1. The highest BCUT2D eigenvalue weighted by molar-refractivity contribution is 7.08. The van der Waals surface area contributed by atoms with Crippen molar-refractivity contribution < 1.29 is 9.90 Å². The highest BCUT2D eigenvalue weighted by Gasteiger charge is 2.39. The largest absolute Gasteiger partial charge is 0.384 e. The van der Waals surface area contributed by atoms with Crippen LogP contribution in [0.25, 0.3) is 0 Å². The number of aliphatic hydroxyl groups is 1. The fraction of sp³-hybridized carbons (Fsp3) is 0.667. The van der Waals surface area contributed by atoms with E-state index in [4.69, 9.17) is 0 Å². The minimum absolute atomic E-state index is 0.114. The van der Waals surface area contributed by atoms with Gasteiger partial charge in [-0.05, 0) is 48.6 Å². The number of nitrogens with one attached hydrogen (secondary N) is 1. The Morgan fingerprint density at radius 3 is 2.74 bits per heavy atom. The fourth-order valence-corrected chi connectivity index (χ4v) is 3.69. The van der Waals surface area contributed by atoms with E-state index in [2.05, 4.69) is 12.2 Å². The second-order valence-electron chi connectivity index (χ2n) is 5.81. The number of amides is 1. The van der Waals surface area contributed by atoms with Gasteiger partial charge in [-0.3, -0.25) is 4.79 Å². The third kappa shape index (κ3) is 3.00. The van der Waals surface area contributed by atoms with Gasteiger partial charge in [-0.2, -0.15) is 11.3 Å². The summed E-state index contributed by atoms with van der Waals surface area (Å²) in [5.74, 6) is 0.114. The van der Waals surface area contributed by atoms with E-state index < -0.39 is 5.60 Å². The Hall–Kier alpha value is -0.870. The molecule has 4 heteroatoms. The van der Waals surface area contributed by atoms with Crippen LogP contribution in [0, 0.1) is 5.41 Å². The van der Waals surface area contributed by atoms with Crippen LogP contribution in [0.1, 0.15) is 51.5 Å². The summed E-state index contributed by atoms with van der Waals surface area (Å²) in [4.78, 5) is 12.4. The molecule has 2 N–H and O–H groups in total. The molecule has 1 unspecified atom stereocenters. The minimum Gasteiger partial charge on any atom is -0.384 e. The third-order valence-corrected chi connectivity index (χ3v) is 5.14. The van der Waals surface area contributed by atoms with Gasteiger partial charge in [-0.25, -0.2) is 0 Å². The van der Waals surface area contributed by atoms with Crippen LogP contribution in [0.4, 0.5) is 0 Å². The number of thiophene rings is 1. The van der Waals surface area contributed by atoms with Crippen LogP contribution >= 0.6 is 11.3 Å². The molecular formula is C15H23NO2S. The predicted octanol–water partition coefficient (Wildman–Crippen LogP) is 3.04. The van der Waals surface area contributed by atoms with Crippen molar-refractivity contribution in [3.05, 3.63) is 22.4 Å². The number of hydrogen-bond donors (Lipinski definition) is 2. The number of carbonyl (C=O) groups excluding carboxylic acids is 1. The summed E-state index contributed by atoms with van der Waals surface area (Å²) in [6, 6.07) is 1.90. The first-order valence-electron chi connectivity index (χ1n) is 7.03. The molecule has 1 aromatic rings. The standard InChI is InChI=1S/C15H23NO2S/c1-3-15(7-4-5-8-15)13(17)16-11-14(2,18)12-6-9-19-10-12/h6,9-10,18H,3-5,7-8,11H2,1-2H3,(H,16,17). The van der Waals surface area contributed by atoms with Gasteiger partial charge in [0.15, 0.2) is 0 Å². The lowest BCUT2D eigenvalue weighted by atomic mass is 9.82. The van der Waals surface area contributed by atoms with Gasteiger partial charge in [0.2, 0.25) is 5.91 Å². The normalized spacial score (nSPS) is 21.0. The topological polar surface area (TPSA) is 49.3 Å². The quantitative estimate of drug-likeness (QED) is 0.871. The average Bonchev–Trinajstić information content (AvgIpc) is 3.07. The molecule has 1 atom stereocenters. The highest BCUT2D eigenvalue weighted by Crippen LogP contribution is 2.41. The van der Waals surface area contributed by atoms with Gasteiger partial charge in [-0.1, -0.05) is 19.8 Å². The van der Waals surface area contributed by atoms with Crippen molar-refractivity contribution in [3.8, 4) is 0 Å². The second kappa shape index (κ2) is 5.63. The van der Waals surface area contributed by atoms with E-state index in [0.29, 0.717) is 0 Å². The van der Waals surface area contributed by atoms with Gasteiger partial charge in [0.1, 0.15) is 5.60 Å². The van der Waals surface area contributed by atoms with E-state index in [1.54, 1.807) is 18.3 Å². The van der Waals surface area contributed by atoms with Crippen LogP contribution in [-0.2, 0) is 10.4 Å². The Morgan fingerprint density at radius 1 is 1.53 bits per heavy atom. The monoisotopic (exact) mass is 281 g/mol. The molecule has 0 spiro atoms. The minimum atomic E-state index is -0.983. The molecule has 0 radical (unpaired) electrons. The van der Waals surface area contributed by atoms with Gasteiger partial charge in [0, 0.05) is 5.41 Å². The van der Waals surface area contributed by atoms with Crippen molar-refractivity contribution in [2.75, 3.05) is 6.54 Å². The Balaban J connectivity index is 1.97. The lowest BCUT2D eigenvalue weighted by Gasteiger charge is -2.29. The van der Waals surface area contributed by atoms with Gasteiger partial charge >= 0.3 is 0 Å². The zero-order valence-electron chi connectivity index (χ0n) is 11.7. The molecule has 0 saturated heterocycles. The summed E-state index contributed by atoms with van der Waals surface area (Å²) in [5.41, 5.74) is -0.303. The van der Waals surface area contributed by atoms with E-state index in [1.807, 2.05) is 16.8 Å². The molecule has 1 fully saturated rings. The molecule has 1 amide bonds. The molecule has 1 saturated carbocycles. The van der Waals surface area contributed by atoms with Gasteiger partial charge in [-0.15, -0.1) is 0 Å². The van der Waals surface area contributed by atoms with Crippen molar-refractivity contribution in [2.24, 2.45) is 5.41 Å². The van der Waals surface area contributed by atoms with Crippen LogP contribution in [-0.4, -0.2) is 17.6 Å². The zero-order valence-corrected chi connectivity index (χ0v) is 12.6. The summed E-state index contributed by atoms with van der Waals surface area (Å²) < 4.78 is 0. The molecule has 0 aromatic carbocycles. The maximum atomic E-state index is 12.4. The molecule has 1 aliphatic carbocycles. The lowest BCUT2D eigenvalue weighted by Crippen LogP contribution is -2.45. The maximum absolute atomic E-state index is 12.4. The van der Waals surface area contributed by atoms with Crippen molar-refractivity contribution in [3.63, 3.8) is 0 Å². The number of carbonyl (C=O) groups is 1. The van der Waals surface area contributed by atoms with Crippen LogP contribution in [0.2, 0.25) is 0 Å². The Labute approximate surface area is 119 Å². The van der Waals surface area contributed by atoms with Gasteiger partial charge in [0.05, 0.1) is 6.54 Å². The molecule has 1 heterocycles. The predicted molar refractivity (Wildman–Crippen MR) is 78.1 cm³/mol. The summed E-state index contributed by atoms with van der Waals surface area (Å²) in [6.45, 7) is 4.12. The molecular weight excluding hydrogens is 258 g/mol. The molecule has 1 aliphatic rings. The van der Waals surface area contributed by atoms with Crippen molar-refractivity contribution in [1.29, 1.82) is 0 Å². The molecule has 2 rings (SSSR count). The summed E-state index contributed by atoms with van der Waals surface area (Å²) >= 11 is 1.56. The highest BCUT2D eigenvalue weighted by atomic mass is 32.1. The fourth-order valence-electron chi connectivity index (χ4n) is 2.91. The molecule has 1 aromatic heterocycles. The van der Waals surface area contributed by atoms with Crippen molar-refractivity contribution in [1.82, 2.24) is 5.32 Å². The average molecular weight is 281 g/mol. The first-order valence-corrected chi connectivity index (χ1v) is 7.98. The van der Waals surface area contributed by atoms with E-state index >= 15 is 0 Å². The van der Waals surface area contributed by atoms with Crippen LogP contribution in [0.3, 0.4) is 0 Å². The van der Waals surface area contributed by atoms with Crippen LogP contribution < -0.4 is 5.32 Å². The van der Waals surface area contributed by atoms with E-state index in [9.17, 15) is 9.90 Å². The Morgan fingerprint density at radius 2 is 2.21 bits per heavy atom. The van der Waals surface area contributed by atoms with Gasteiger partial charge < -0.3 is 10.4 Å². The summed E-state index contributed by atoms with van der Waals surface area (Å²) in [6.07, 6.45) is 5.13. The van der Waals surface area contributed by atoms with Crippen LogP contribution in [0.5, 0.6) is 0 Å². The van der Waals surface area contributed by atoms with Crippen molar-refractivity contribution >= 4 is 17.2 Å². The van der Waals surface area contributed by atoms with Gasteiger partial charge in [0.25, 0.3) is 0 Å².